The summed E-state index contributed by atoms with van der Waals surface area (Å²) in [7, 11) is 3.42. The maximum atomic E-state index is 11.0. The maximum Gasteiger partial charge on any atom is 0.221 e. The first-order chi connectivity index (χ1) is 12.6. The lowest BCUT2D eigenvalue weighted by Gasteiger charge is -2.14. The van der Waals surface area contributed by atoms with Crippen LogP contribution >= 0.6 is 0 Å². The molecule has 0 aromatic heterocycles. The second-order valence-electron chi connectivity index (χ2n) is 5.79. The van der Waals surface area contributed by atoms with Crippen molar-refractivity contribution < 1.29 is 9.53 Å². The van der Waals surface area contributed by atoms with Crippen molar-refractivity contribution in [2.24, 2.45) is 4.99 Å². The van der Waals surface area contributed by atoms with Crippen LogP contribution in [0.2, 0.25) is 0 Å². The first-order valence-electron chi connectivity index (χ1n) is 8.55. The van der Waals surface area contributed by atoms with Gasteiger partial charge < -0.3 is 20.7 Å². The number of anilines is 1. The molecule has 6 heteroatoms. The number of ether oxygens (including phenoxy) is 1. The fourth-order valence-electron chi connectivity index (χ4n) is 2.53. The van der Waals surface area contributed by atoms with Crippen molar-refractivity contribution in [3.8, 4) is 5.75 Å². The first kappa shape index (κ1) is 19.3. The number of rotatable bonds is 7. The normalized spacial score (nSPS) is 11.0. The van der Waals surface area contributed by atoms with Gasteiger partial charge in [-0.15, -0.1) is 0 Å². The van der Waals surface area contributed by atoms with Gasteiger partial charge in [-0.25, -0.2) is 0 Å². The van der Waals surface area contributed by atoms with E-state index in [9.17, 15) is 4.79 Å². The predicted molar refractivity (Wildman–Crippen MR) is 106 cm³/mol. The number of carbonyl (C=O) groups excluding carboxylic acids is 1. The molecule has 3 N–H and O–H groups in total. The van der Waals surface area contributed by atoms with Gasteiger partial charge in [-0.3, -0.25) is 9.79 Å². The van der Waals surface area contributed by atoms with Crippen LogP contribution in [0, 0.1) is 0 Å². The van der Waals surface area contributed by atoms with Crippen LogP contribution in [0.5, 0.6) is 5.75 Å². The van der Waals surface area contributed by atoms with Gasteiger partial charge in [0.2, 0.25) is 5.91 Å². The zero-order valence-electron chi connectivity index (χ0n) is 15.5. The smallest absolute Gasteiger partial charge is 0.221 e. The molecule has 0 saturated heterocycles. The van der Waals surface area contributed by atoms with Gasteiger partial charge in [0.05, 0.1) is 7.11 Å². The predicted octanol–water partition coefficient (Wildman–Crippen LogP) is 2.56. The van der Waals surface area contributed by atoms with Crippen LogP contribution in [0.4, 0.5) is 5.69 Å². The lowest BCUT2D eigenvalue weighted by atomic mass is 10.1. The van der Waals surface area contributed by atoms with Gasteiger partial charge in [0.15, 0.2) is 5.96 Å². The van der Waals surface area contributed by atoms with E-state index in [1.54, 1.807) is 14.2 Å². The summed E-state index contributed by atoms with van der Waals surface area (Å²) in [5, 5.41) is 9.35. The molecule has 0 saturated carbocycles. The molecule has 0 radical (unpaired) electrons. The number of hydrogen-bond donors (Lipinski definition) is 3. The summed E-state index contributed by atoms with van der Waals surface area (Å²) in [5.74, 6) is 1.53. The molecule has 26 heavy (non-hydrogen) atoms. The van der Waals surface area contributed by atoms with Gasteiger partial charge in [-0.1, -0.05) is 30.3 Å². The highest BCUT2D eigenvalue weighted by molar-refractivity contribution is 5.88. The number of carbonyl (C=O) groups is 1. The van der Waals surface area contributed by atoms with E-state index in [1.807, 2.05) is 48.5 Å². The Morgan fingerprint density at radius 3 is 2.46 bits per heavy atom. The molecule has 0 atom stereocenters. The lowest BCUT2D eigenvalue weighted by molar-refractivity contribution is -0.114. The highest BCUT2D eigenvalue weighted by Crippen LogP contribution is 2.16. The van der Waals surface area contributed by atoms with Crippen LogP contribution in [0.25, 0.3) is 0 Å². The lowest BCUT2D eigenvalue weighted by Crippen LogP contribution is -2.37. The van der Waals surface area contributed by atoms with Crippen LogP contribution in [0.1, 0.15) is 18.1 Å². The highest BCUT2D eigenvalue weighted by Gasteiger charge is 2.03. The van der Waals surface area contributed by atoms with Gasteiger partial charge in [-0.05, 0) is 30.2 Å². The molecule has 2 aromatic carbocycles. The number of guanidine groups is 1. The van der Waals surface area contributed by atoms with E-state index in [0.29, 0.717) is 6.54 Å². The van der Waals surface area contributed by atoms with E-state index in [4.69, 9.17) is 4.74 Å². The van der Waals surface area contributed by atoms with Crippen LogP contribution in [0.3, 0.4) is 0 Å². The number of methoxy groups -OCH3 is 1. The zero-order valence-corrected chi connectivity index (χ0v) is 15.5. The molecule has 6 nitrogen and oxygen atoms in total. The molecule has 0 bridgehead atoms. The highest BCUT2D eigenvalue weighted by atomic mass is 16.5. The van der Waals surface area contributed by atoms with Crippen molar-refractivity contribution in [3.05, 3.63) is 59.7 Å². The summed E-state index contributed by atoms with van der Waals surface area (Å²) in [6.07, 6.45) is 0.857. The second-order valence-corrected chi connectivity index (χ2v) is 5.79. The standard InChI is InChI=1S/C20H26N4O2/c1-15(25)24-18-10-8-16(9-11-18)12-13-22-20(21-2)23-14-17-6-4-5-7-19(17)26-3/h4-11H,12-14H2,1-3H3,(H,24,25)(H2,21,22,23). The molecule has 0 aliphatic heterocycles. The van der Waals surface area contributed by atoms with Crippen molar-refractivity contribution in [2.75, 3.05) is 26.0 Å². The minimum atomic E-state index is -0.0654. The molecule has 138 valence electrons. The molecule has 0 heterocycles. The number of aliphatic imine (C=N–C) groups is 1. The molecule has 0 spiro atoms. The molecular weight excluding hydrogens is 328 g/mol. The number of benzene rings is 2. The SMILES string of the molecule is CN=C(NCCc1ccc(NC(C)=O)cc1)NCc1ccccc1OC. The third-order valence-corrected chi connectivity index (χ3v) is 3.84. The molecule has 1 amide bonds. The number of nitrogens with zero attached hydrogens (tertiary/aromatic N) is 1. The average molecular weight is 354 g/mol. The Hall–Kier alpha value is -3.02. The molecule has 0 fully saturated rings. The Morgan fingerprint density at radius 2 is 1.81 bits per heavy atom. The third kappa shape index (κ3) is 6.12. The number of nitrogens with one attached hydrogen (secondary N) is 3. The summed E-state index contributed by atoms with van der Waals surface area (Å²) in [6, 6.07) is 15.7. The van der Waals surface area contributed by atoms with Gasteiger partial charge in [0, 0.05) is 38.3 Å². The van der Waals surface area contributed by atoms with E-state index >= 15 is 0 Å². The van der Waals surface area contributed by atoms with E-state index in [-0.39, 0.29) is 5.91 Å². The fourth-order valence-corrected chi connectivity index (χ4v) is 2.53. The van der Waals surface area contributed by atoms with Gasteiger partial charge in [0.1, 0.15) is 5.75 Å². The Balaban J connectivity index is 1.79. The third-order valence-electron chi connectivity index (χ3n) is 3.84. The molecule has 0 aliphatic rings. The zero-order chi connectivity index (χ0) is 18.8. The molecule has 2 aromatic rings. The Labute approximate surface area is 154 Å². The van der Waals surface area contributed by atoms with Crippen molar-refractivity contribution in [2.45, 2.75) is 19.9 Å². The summed E-state index contributed by atoms with van der Waals surface area (Å²) < 4.78 is 5.36. The van der Waals surface area contributed by atoms with Crippen molar-refractivity contribution in [3.63, 3.8) is 0 Å². The quantitative estimate of drug-likeness (QED) is 0.528. The number of amides is 1. The van der Waals surface area contributed by atoms with E-state index in [0.717, 1.165) is 35.9 Å². The topological polar surface area (TPSA) is 74.8 Å². The molecule has 0 aliphatic carbocycles. The maximum absolute atomic E-state index is 11.0. The first-order valence-corrected chi connectivity index (χ1v) is 8.55. The van der Waals surface area contributed by atoms with E-state index < -0.39 is 0 Å². The Bertz CT molecular complexity index is 742. The Kier molecular flexibility index (Phi) is 7.49. The summed E-state index contributed by atoms with van der Waals surface area (Å²) in [4.78, 5) is 15.3. The largest absolute Gasteiger partial charge is 0.496 e. The molecular formula is C20H26N4O2. The van der Waals surface area contributed by atoms with E-state index in [2.05, 4.69) is 20.9 Å². The summed E-state index contributed by atoms with van der Waals surface area (Å²) >= 11 is 0. The summed E-state index contributed by atoms with van der Waals surface area (Å²) in [5.41, 5.74) is 3.07. The van der Waals surface area contributed by atoms with Crippen LogP contribution in [0.15, 0.2) is 53.5 Å². The monoisotopic (exact) mass is 354 g/mol. The van der Waals surface area contributed by atoms with Crippen molar-refractivity contribution >= 4 is 17.6 Å². The van der Waals surface area contributed by atoms with Gasteiger partial charge in [0.25, 0.3) is 0 Å². The van der Waals surface area contributed by atoms with Crippen molar-refractivity contribution in [1.82, 2.24) is 10.6 Å². The summed E-state index contributed by atoms with van der Waals surface area (Å²) in [6.45, 7) is 2.89. The second kappa shape index (κ2) is 10.1. The fraction of sp³-hybridized carbons (Fsp3) is 0.300. The van der Waals surface area contributed by atoms with Crippen LogP contribution in [-0.2, 0) is 17.8 Å². The molecule has 2 rings (SSSR count). The average Bonchev–Trinajstić information content (AvgIpc) is 2.65. The van der Waals surface area contributed by atoms with Crippen molar-refractivity contribution in [1.29, 1.82) is 0 Å². The number of para-hydroxylation sites is 1. The van der Waals surface area contributed by atoms with Gasteiger partial charge in [-0.2, -0.15) is 0 Å². The van der Waals surface area contributed by atoms with Crippen LogP contribution in [-0.4, -0.2) is 32.6 Å². The van der Waals surface area contributed by atoms with E-state index in [1.165, 1.54) is 12.5 Å². The minimum absolute atomic E-state index is 0.0654. The Morgan fingerprint density at radius 1 is 1.08 bits per heavy atom. The molecule has 0 unspecified atom stereocenters. The minimum Gasteiger partial charge on any atom is -0.496 e. The van der Waals surface area contributed by atoms with Gasteiger partial charge >= 0.3 is 0 Å². The van der Waals surface area contributed by atoms with Crippen LogP contribution < -0.4 is 20.7 Å². The number of hydrogen-bond acceptors (Lipinski definition) is 3.